The van der Waals surface area contributed by atoms with E-state index >= 15 is 0 Å². The van der Waals surface area contributed by atoms with Crippen molar-refractivity contribution >= 4 is 51.8 Å². The summed E-state index contributed by atoms with van der Waals surface area (Å²) < 4.78 is 16.3. The van der Waals surface area contributed by atoms with Crippen molar-refractivity contribution in [1.82, 2.24) is 20.3 Å². The number of benzene rings is 1. The summed E-state index contributed by atoms with van der Waals surface area (Å²) in [7, 11) is 3.03. The third kappa shape index (κ3) is 5.11. The van der Waals surface area contributed by atoms with Gasteiger partial charge in [-0.2, -0.15) is 0 Å². The van der Waals surface area contributed by atoms with Crippen molar-refractivity contribution in [2.45, 2.75) is 19.0 Å². The van der Waals surface area contributed by atoms with Crippen molar-refractivity contribution in [1.29, 1.82) is 0 Å². The molecule has 0 aliphatic carbocycles. The zero-order chi connectivity index (χ0) is 25.8. The quantitative estimate of drug-likeness (QED) is 0.352. The number of fused-ring (bicyclic) bond motifs is 1. The minimum atomic E-state index is -0.269. The van der Waals surface area contributed by atoms with Gasteiger partial charge in [0.1, 0.15) is 17.0 Å². The number of nitrogens with zero attached hydrogens (tertiary/aromatic N) is 3. The minimum Gasteiger partial charge on any atom is -0.495 e. The van der Waals surface area contributed by atoms with Gasteiger partial charge in [0.05, 0.1) is 55.3 Å². The highest BCUT2D eigenvalue weighted by Crippen LogP contribution is 2.46. The molecule has 2 aromatic heterocycles. The SMILES string of the molecule is C=CC(=O)N[C@H]1COC[C@H]1Nc1ncc2cc(-c3c(Cl)c(OC)cc(OC)c3Cl)nc(NCC)c2n1. The maximum atomic E-state index is 11.7. The number of methoxy groups -OCH3 is 2. The van der Waals surface area contributed by atoms with E-state index in [0.717, 1.165) is 5.39 Å². The monoisotopic (exact) mass is 532 g/mol. The van der Waals surface area contributed by atoms with Crippen molar-refractivity contribution in [3.63, 3.8) is 0 Å². The van der Waals surface area contributed by atoms with Gasteiger partial charge in [0.25, 0.3) is 0 Å². The summed E-state index contributed by atoms with van der Waals surface area (Å²) >= 11 is 13.2. The van der Waals surface area contributed by atoms with Crippen LogP contribution in [0.15, 0.2) is 31.0 Å². The third-order valence-electron chi connectivity index (χ3n) is 5.65. The number of carbonyl (C=O) groups excluding carboxylic acids is 1. The Labute approximate surface area is 218 Å². The third-order valence-corrected chi connectivity index (χ3v) is 6.40. The van der Waals surface area contributed by atoms with Crippen molar-refractivity contribution in [2.24, 2.45) is 0 Å². The van der Waals surface area contributed by atoms with Crippen LogP contribution in [-0.2, 0) is 9.53 Å². The second-order valence-corrected chi connectivity index (χ2v) is 8.67. The van der Waals surface area contributed by atoms with Crippen LogP contribution in [0.1, 0.15) is 6.92 Å². The number of anilines is 2. The molecule has 1 aliphatic heterocycles. The molecular weight excluding hydrogens is 507 g/mol. The van der Waals surface area contributed by atoms with E-state index in [-0.39, 0.29) is 18.0 Å². The summed E-state index contributed by atoms with van der Waals surface area (Å²) in [5, 5.41) is 10.7. The van der Waals surface area contributed by atoms with Crippen LogP contribution in [0.5, 0.6) is 11.5 Å². The lowest BCUT2D eigenvalue weighted by atomic mass is 10.1. The molecule has 36 heavy (non-hydrogen) atoms. The summed E-state index contributed by atoms with van der Waals surface area (Å²) in [6.45, 7) is 6.83. The van der Waals surface area contributed by atoms with Gasteiger partial charge in [0, 0.05) is 29.8 Å². The lowest BCUT2D eigenvalue weighted by Crippen LogP contribution is -2.45. The van der Waals surface area contributed by atoms with E-state index in [1.54, 1.807) is 18.3 Å². The number of hydrogen-bond acceptors (Lipinski definition) is 9. The lowest BCUT2D eigenvalue weighted by Gasteiger charge is -2.20. The molecular formula is C24H26Cl2N6O4. The van der Waals surface area contributed by atoms with Crippen molar-refractivity contribution < 1.29 is 19.0 Å². The summed E-state index contributed by atoms with van der Waals surface area (Å²) in [5.74, 6) is 1.46. The average Bonchev–Trinajstić information content (AvgIpc) is 3.30. The topological polar surface area (TPSA) is 120 Å². The van der Waals surface area contributed by atoms with Gasteiger partial charge in [-0.3, -0.25) is 4.79 Å². The minimum absolute atomic E-state index is 0.206. The molecule has 10 nitrogen and oxygen atoms in total. The molecule has 4 rings (SSSR count). The van der Waals surface area contributed by atoms with Crippen LogP contribution in [0.4, 0.5) is 11.8 Å². The smallest absolute Gasteiger partial charge is 0.243 e. The van der Waals surface area contributed by atoms with Gasteiger partial charge >= 0.3 is 0 Å². The number of aromatic nitrogens is 3. The molecule has 0 bridgehead atoms. The van der Waals surface area contributed by atoms with Gasteiger partial charge in [0.15, 0.2) is 5.82 Å². The number of amides is 1. The zero-order valence-electron chi connectivity index (χ0n) is 20.0. The van der Waals surface area contributed by atoms with Gasteiger partial charge in [0.2, 0.25) is 11.9 Å². The normalized spacial score (nSPS) is 17.0. The molecule has 2 atom stereocenters. The molecule has 0 radical (unpaired) electrons. The molecule has 1 saturated heterocycles. The van der Waals surface area contributed by atoms with Gasteiger partial charge in [-0.1, -0.05) is 29.8 Å². The summed E-state index contributed by atoms with van der Waals surface area (Å²) in [5.41, 5.74) is 1.58. The number of pyridine rings is 1. The Morgan fingerprint density at radius 2 is 1.86 bits per heavy atom. The summed E-state index contributed by atoms with van der Waals surface area (Å²) in [6, 6.07) is 2.98. The Balaban J connectivity index is 1.75. The fourth-order valence-electron chi connectivity index (χ4n) is 3.88. The Kier molecular flexibility index (Phi) is 7.97. The molecule has 190 valence electrons. The Morgan fingerprint density at radius 3 is 2.50 bits per heavy atom. The van der Waals surface area contributed by atoms with Gasteiger partial charge < -0.3 is 30.2 Å². The Morgan fingerprint density at radius 1 is 1.17 bits per heavy atom. The fourth-order valence-corrected chi connectivity index (χ4v) is 4.58. The molecule has 0 unspecified atom stereocenters. The predicted molar refractivity (Wildman–Crippen MR) is 140 cm³/mol. The number of ether oxygens (including phenoxy) is 3. The number of rotatable bonds is 9. The lowest BCUT2D eigenvalue weighted by molar-refractivity contribution is -0.117. The van der Waals surface area contributed by atoms with Crippen LogP contribution in [-0.4, -0.2) is 66.9 Å². The maximum absolute atomic E-state index is 11.7. The zero-order valence-corrected chi connectivity index (χ0v) is 21.5. The first-order valence-corrected chi connectivity index (χ1v) is 11.9. The van der Waals surface area contributed by atoms with E-state index in [9.17, 15) is 4.79 Å². The number of carbonyl (C=O) groups is 1. The molecule has 3 N–H and O–H groups in total. The van der Waals surface area contributed by atoms with Crippen LogP contribution in [0, 0.1) is 0 Å². The Hall–Kier alpha value is -3.34. The molecule has 1 fully saturated rings. The number of hydrogen-bond donors (Lipinski definition) is 3. The highest BCUT2D eigenvalue weighted by atomic mass is 35.5. The van der Waals surface area contributed by atoms with Crippen LogP contribution < -0.4 is 25.4 Å². The predicted octanol–water partition coefficient (Wildman–Crippen LogP) is 3.93. The Bertz CT molecular complexity index is 1280. The van der Waals surface area contributed by atoms with E-state index in [2.05, 4.69) is 32.5 Å². The van der Waals surface area contributed by atoms with E-state index < -0.39 is 0 Å². The summed E-state index contributed by atoms with van der Waals surface area (Å²) in [4.78, 5) is 25.7. The second-order valence-electron chi connectivity index (χ2n) is 7.91. The average molecular weight is 533 g/mol. The van der Waals surface area contributed by atoms with E-state index in [4.69, 9.17) is 42.4 Å². The summed E-state index contributed by atoms with van der Waals surface area (Å²) in [6.07, 6.45) is 2.91. The molecule has 1 aliphatic rings. The molecule has 0 saturated carbocycles. The van der Waals surface area contributed by atoms with Crippen LogP contribution in [0.3, 0.4) is 0 Å². The van der Waals surface area contributed by atoms with E-state index in [1.165, 1.54) is 20.3 Å². The molecule has 1 amide bonds. The molecule has 3 heterocycles. The highest BCUT2D eigenvalue weighted by Gasteiger charge is 2.30. The number of halogens is 2. The highest BCUT2D eigenvalue weighted by molar-refractivity contribution is 6.41. The maximum Gasteiger partial charge on any atom is 0.243 e. The fraction of sp³-hybridized carbons (Fsp3) is 0.333. The number of nitrogens with one attached hydrogen (secondary N) is 3. The van der Waals surface area contributed by atoms with Crippen LogP contribution >= 0.6 is 23.2 Å². The molecule has 1 aromatic carbocycles. The van der Waals surface area contributed by atoms with Crippen molar-refractivity contribution in [3.05, 3.63) is 41.0 Å². The van der Waals surface area contributed by atoms with Crippen LogP contribution in [0.2, 0.25) is 10.0 Å². The van der Waals surface area contributed by atoms with Crippen molar-refractivity contribution in [2.75, 3.05) is 44.6 Å². The van der Waals surface area contributed by atoms with E-state index in [0.29, 0.717) is 69.8 Å². The standard InChI is InChI=1S/C24H26Cl2N6O4/c1-5-18(33)29-14-10-36-11-15(14)31-24-28-9-12-7-13(30-23(27-6-2)22(12)32-24)19-20(25)16(34-3)8-17(35-4)21(19)26/h5,7-9,14-15H,1,6,10-11H2,2-4H3,(H,27,30)(H,29,33)(H,28,31,32)/t14-,15+/m0/s1. The second kappa shape index (κ2) is 11.2. The van der Waals surface area contributed by atoms with Crippen molar-refractivity contribution in [3.8, 4) is 22.8 Å². The first-order chi connectivity index (χ1) is 17.4. The first-order valence-electron chi connectivity index (χ1n) is 11.2. The van der Waals surface area contributed by atoms with Gasteiger partial charge in [-0.25, -0.2) is 15.0 Å². The largest absolute Gasteiger partial charge is 0.495 e. The molecule has 0 spiro atoms. The van der Waals surface area contributed by atoms with Gasteiger partial charge in [-0.15, -0.1) is 0 Å². The van der Waals surface area contributed by atoms with E-state index in [1.807, 2.05) is 6.92 Å². The van der Waals surface area contributed by atoms with Crippen LogP contribution in [0.25, 0.3) is 22.2 Å². The molecule has 12 heteroatoms. The van der Waals surface area contributed by atoms with Gasteiger partial charge in [-0.05, 0) is 19.1 Å². The molecule has 3 aromatic rings. The first kappa shape index (κ1) is 25.7.